The number of benzene rings is 1. The van der Waals surface area contributed by atoms with E-state index in [2.05, 4.69) is 9.71 Å². The van der Waals surface area contributed by atoms with E-state index in [9.17, 15) is 18.0 Å². The van der Waals surface area contributed by atoms with Crippen LogP contribution in [0.1, 0.15) is 51.9 Å². The predicted octanol–water partition coefficient (Wildman–Crippen LogP) is 1.03. The van der Waals surface area contributed by atoms with E-state index >= 15 is 0 Å². The number of sulfonamides is 1. The lowest BCUT2D eigenvalue weighted by Crippen LogP contribution is -2.49. The van der Waals surface area contributed by atoms with Crippen molar-refractivity contribution in [2.45, 2.75) is 62.8 Å². The number of aliphatic imine (C=N–C) groups is 1. The molecule has 3 rings (SSSR count). The SMILES string of the molecule is CC(CCC(=O)N1CCC2(CCN(C(=O)CCN=C(N)N)CC2)CC1)NS(=O)(=O)c1ccccc1. The number of likely N-dealkylation sites (tertiary alicyclic amines) is 2. The third-order valence-electron chi connectivity index (χ3n) is 7.17. The normalized spacial score (nSPS) is 18.8. The van der Waals surface area contributed by atoms with Crippen molar-refractivity contribution >= 4 is 27.8 Å². The Balaban J connectivity index is 1.38. The Kier molecular flexibility index (Phi) is 9.12. The van der Waals surface area contributed by atoms with Crippen LogP contribution in [0.2, 0.25) is 0 Å². The number of nitrogens with zero attached hydrogens (tertiary/aromatic N) is 3. The van der Waals surface area contributed by atoms with E-state index in [-0.39, 0.29) is 34.1 Å². The van der Waals surface area contributed by atoms with Crippen molar-refractivity contribution in [3.05, 3.63) is 30.3 Å². The first kappa shape index (κ1) is 26.9. The van der Waals surface area contributed by atoms with Crippen molar-refractivity contribution in [1.82, 2.24) is 14.5 Å². The van der Waals surface area contributed by atoms with Gasteiger partial charge in [-0.15, -0.1) is 0 Å². The molecule has 2 fully saturated rings. The lowest BCUT2D eigenvalue weighted by molar-refractivity contribution is -0.136. The number of rotatable bonds is 9. The zero-order chi connectivity index (χ0) is 25.5. The molecule has 2 amide bonds. The molecule has 1 aromatic carbocycles. The van der Waals surface area contributed by atoms with E-state index in [0.29, 0.717) is 38.9 Å². The second-order valence-electron chi connectivity index (χ2n) is 9.69. The molecule has 0 radical (unpaired) electrons. The highest BCUT2D eigenvalue weighted by Gasteiger charge is 2.39. The molecular formula is C24H38N6O4S. The summed E-state index contributed by atoms with van der Waals surface area (Å²) in [4.78, 5) is 33.0. The number of hydrogen-bond acceptors (Lipinski definition) is 5. The van der Waals surface area contributed by atoms with Crippen molar-refractivity contribution < 1.29 is 18.0 Å². The lowest BCUT2D eigenvalue weighted by atomic mass is 9.71. The van der Waals surface area contributed by atoms with Crippen LogP contribution in [-0.2, 0) is 19.6 Å². The Hall–Kier alpha value is -2.66. The maximum Gasteiger partial charge on any atom is 0.240 e. The van der Waals surface area contributed by atoms with E-state index in [1.54, 1.807) is 37.3 Å². The first-order chi connectivity index (χ1) is 16.6. The van der Waals surface area contributed by atoms with Gasteiger partial charge in [0.2, 0.25) is 21.8 Å². The molecule has 0 bridgehead atoms. The van der Waals surface area contributed by atoms with Crippen LogP contribution in [0.4, 0.5) is 0 Å². The number of amides is 2. The molecule has 5 N–H and O–H groups in total. The summed E-state index contributed by atoms with van der Waals surface area (Å²) < 4.78 is 27.6. The van der Waals surface area contributed by atoms with Crippen molar-refractivity contribution in [3.8, 4) is 0 Å². The Morgan fingerprint density at radius 3 is 2.00 bits per heavy atom. The molecule has 2 aliphatic rings. The number of guanidine groups is 1. The van der Waals surface area contributed by atoms with Gasteiger partial charge < -0.3 is 21.3 Å². The summed E-state index contributed by atoms with van der Waals surface area (Å²) in [6, 6.07) is 7.90. The minimum Gasteiger partial charge on any atom is -0.370 e. The molecule has 35 heavy (non-hydrogen) atoms. The van der Waals surface area contributed by atoms with Crippen LogP contribution < -0.4 is 16.2 Å². The summed E-state index contributed by atoms with van der Waals surface area (Å²) in [5.41, 5.74) is 10.8. The van der Waals surface area contributed by atoms with Gasteiger partial charge in [-0.25, -0.2) is 13.1 Å². The zero-order valence-corrected chi connectivity index (χ0v) is 21.3. The molecule has 0 aliphatic carbocycles. The number of piperidine rings is 2. The monoisotopic (exact) mass is 506 g/mol. The molecule has 2 saturated heterocycles. The lowest BCUT2D eigenvalue weighted by Gasteiger charge is -2.47. The second-order valence-corrected chi connectivity index (χ2v) is 11.4. The number of carbonyl (C=O) groups is 2. The largest absolute Gasteiger partial charge is 0.370 e. The molecule has 1 spiro atoms. The van der Waals surface area contributed by atoms with Crippen molar-refractivity contribution in [1.29, 1.82) is 0 Å². The first-order valence-corrected chi connectivity index (χ1v) is 13.8. The van der Waals surface area contributed by atoms with Gasteiger partial charge in [-0.3, -0.25) is 14.6 Å². The molecule has 2 heterocycles. The van der Waals surface area contributed by atoms with Gasteiger partial charge >= 0.3 is 0 Å². The molecule has 11 heteroatoms. The molecular weight excluding hydrogens is 468 g/mol. The molecule has 1 unspecified atom stereocenters. The molecule has 10 nitrogen and oxygen atoms in total. The average Bonchev–Trinajstić information content (AvgIpc) is 2.83. The van der Waals surface area contributed by atoms with E-state index in [4.69, 9.17) is 11.5 Å². The fraction of sp³-hybridized carbons (Fsp3) is 0.625. The topological polar surface area (TPSA) is 151 Å². The van der Waals surface area contributed by atoms with Crippen LogP contribution in [0.5, 0.6) is 0 Å². The molecule has 1 atom stereocenters. The number of carbonyl (C=O) groups excluding carboxylic acids is 2. The summed E-state index contributed by atoms with van der Waals surface area (Å²) in [5, 5.41) is 0. The van der Waals surface area contributed by atoms with Gasteiger partial charge in [0.05, 0.1) is 11.4 Å². The third-order valence-corrected chi connectivity index (χ3v) is 8.78. The van der Waals surface area contributed by atoms with E-state index in [1.165, 1.54) is 0 Å². The zero-order valence-electron chi connectivity index (χ0n) is 20.5. The minimum absolute atomic E-state index is 0.000332. The molecule has 2 aliphatic heterocycles. The second kappa shape index (κ2) is 11.9. The number of hydrogen-bond donors (Lipinski definition) is 3. The summed E-state index contributed by atoms with van der Waals surface area (Å²) in [5.74, 6) is 0.145. The third kappa shape index (κ3) is 7.66. The fourth-order valence-electron chi connectivity index (χ4n) is 4.89. The van der Waals surface area contributed by atoms with Crippen LogP contribution in [0.3, 0.4) is 0 Å². The van der Waals surface area contributed by atoms with Gasteiger partial charge in [-0.1, -0.05) is 18.2 Å². The molecule has 1 aromatic rings. The fourth-order valence-corrected chi connectivity index (χ4v) is 6.19. The van der Waals surface area contributed by atoms with Crippen molar-refractivity contribution in [2.24, 2.45) is 21.9 Å². The van der Waals surface area contributed by atoms with Crippen molar-refractivity contribution in [2.75, 3.05) is 32.7 Å². The minimum atomic E-state index is -3.59. The van der Waals surface area contributed by atoms with E-state index < -0.39 is 10.0 Å². The number of nitrogens with one attached hydrogen (secondary N) is 1. The van der Waals surface area contributed by atoms with Gasteiger partial charge in [0, 0.05) is 45.1 Å². The van der Waals surface area contributed by atoms with Crippen LogP contribution >= 0.6 is 0 Å². The molecule has 0 saturated carbocycles. The average molecular weight is 507 g/mol. The summed E-state index contributed by atoms with van der Waals surface area (Å²) in [7, 11) is -3.59. The predicted molar refractivity (Wildman–Crippen MR) is 135 cm³/mol. The van der Waals surface area contributed by atoms with Gasteiger partial charge in [0.15, 0.2) is 5.96 Å². The quantitative estimate of drug-likeness (QED) is 0.336. The van der Waals surface area contributed by atoms with Crippen LogP contribution in [-0.4, -0.2) is 74.8 Å². The van der Waals surface area contributed by atoms with Crippen LogP contribution in [0.25, 0.3) is 0 Å². The van der Waals surface area contributed by atoms with E-state index in [1.807, 2.05) is 9.80 Å². The van der Waals surface area contributed by atoms with Gasteiger partial charge in [-0.2, -0.15) is 0 Å². The summed E-state index contributed by atoms with van der Waals surface area (Å²) >= 11 is 0. The first-order valence-electron chi connectivity index (χ1n) is 12.3. The van der Waals surface area contributed by atoms with E-state index in [0.717, 1.165) is 38.8 Å². The van der Waals surface area contributed by atoms with Crippen molar-refractivity contribution in [3.63, 3.8) is 0 Å². The Morgan fingerprint density at radius 2 is 1.49 bits per heavy atom. The maximum atomic E-state index is 12.8. The molecule has 194 valence electrons. The highest BCUT2D eigenvalue weighted by molar-refractivity contribution is 7.89. The summed E-state index contributed by atoms with van der Waals surface area (Å²) in [6.45, 7) is 4.97. The smallest absolute Gasteiger partial charge is 0.240 e. The Morgan fingerprint density at radius 1 is 0.971 bits per heavy atom. The van der Waals surface area contributed by atoms with Gasteiger partial charge in [-0.05, 0) is 56.6 Å². The Bertz CT molecular complexity index is 992. The Labute approximate surface area is 208 Å². The molecule has 0 aromatic heterocycles. The maximum absolute atomic E-state index is 12.8. The highest BCUT2D eigenvalue weighted by atomic mass is 32.2. The standard InChI is InChI=1S/C24H38N6O4S/c1-19(28-35(33,34)20-5-3-2-4-6-20)7-8-21(31)29-15-10-24(11-16-29)12-17-30(18-13-24)22(32)9-14-27-23(25)26/h2-6,19,28H,7-18H2,1H3,(H4,25,26,27). The van der Waals surface area contributed by atoms with Crippen LogP contribution in [0.15, 0.2) is 40.2 Å². The van der Waals surface area contributed by atoms with Gasteiger partial charge in [0.1, 0.15) is 0 Å². The van der Waals surface area contributed by atoms with Gasteiger partial charge in [0.25, 0.3) is 0 Å². The highest BCUT2D eigenvalue weighted by Crippen LogP contribution is 2.41. The summed E-state index contributed by atoms with van der Waals surface area (Å²) in [6.07, 6.45) is 4.83. The van der Waals surface area contributed by atoms with Crippen LogP contribution in [0, 0.1) is 5.41 Å². The number of nitrogens with two attached hydrogens (primary N) is 2.